The summed E-state index contributed by atoms with van der Waals surface area (Å²) in [7, 11) is 0. The lowest BCUT2D eigenvalue weighted by Gasteiger charge is -2.16. The lowest BCUT2D eigenvalue weighted by molar-refractivity contribution is 0.0780. The first-order chi connectivity index (χ1) is 8.22. The number of carbonyl (C=O) groups is 1. The van der Waals surface area contributed by atoms with Gasteiger partial charge in [-0.25, -0.2) is 4.39 Å². The molecule has 1 unspecified atom stereocenters. The third-order valence-corrected chi connectivity index (χ3v) is 3.21. The maximum atomic E-state index is 13.5. The highest BCUT2D eigenvalue weighted by molar-refractivity contribution is 5.94. The summed E-state index contributed by atoms with van der Waals surface area (Å²) in [6.45, 7) is 1.41. The van der Waals surface area contributed by atoms with Crippen LogP contribution in [0.1, 0.15) is 23.2 Å². The van der Waals surface area contributed by atoms with Gasteiger partial charge >= 0.3 is 0 Å². The van der Waals surface area contributed by atoms with E-state index in [4.69, 9.17) is 5.11 Å². The number of likely N-dealkylation sites (tertiary alicyclic amines) is 1. The Hall–Kier alpha value is -1.42. The van der Waals surface area contributed by atoms with Crippen LogP contribution in [-0.2, 0) is 0 Å². The lowest BCUT2D eigenvalue weighted by atomic mass is 10.1. The molecule has 1 aromatic carbocycles. The Balaban J connectivity index is 2.05. The van der Waals surface area contributed by atoms with Gasteiger partial charge in [-0.15, -0.1) is 0 Å². The Kier molecular flexibility index (Phi) is 3.74. The first-order valence-electron chi connectivity index (χ1n) is 5.87. The fourth-order valence-corrected chi connectivity index (χ4v) is 2.24. The van der Waals surface area contributed by atoms with Crippen molar-refractivity contribution in [1.29, 1.82) is 0 Å². The summed E-state index contributed by atoms with van der Waals surface area (Å²) < 4.78 is 13.5. The standard InChI is InChI=1S/C13H16FNO2/c14-12-4-2-1-3-11(12)13(17)15-7-5-10(9-15)6-8-16/h1-4,10,16H,5-9H2. The zero-order valence-corrected chi connectivity index (χ0v) is 9.60. The molecule has 0 aliphatic carbocycles. The SMILES string of the molecule is O=C(c1ccccc1F)N1CCC(CCO)C1. The molecule has 4 heteroatoms. The largest absolute Gasteiger partial charge is 0.396 e. The fourth-order valence-electron chi connectivity index (χ4n) is 2.24. The van der Waals surface area contributed by atoms with E-state index >= 15 is 0 Å². The van der Waals surface area contributed by atoms with E-state index in [-0.39, 0.29) is 18.1 Å². The van der Waals surface area contributed by atoms with Crippen LogP contribution in [0.25, 0.3) is 0 Å². The summed E-state index contributed by atoms with van der Waals surface area (Å²) in [5.41, 5.74) is 0.136. The second kappa shape index (κ2) is 5.27. The quantitative estimate of drug-likeness (QED) is 0.868. The predicted molar refractivity (Wildman–Crippen MR) is 62.1 cm³/mol. The summed E-state index contributed by atoms with van der Waals surface area (Å²) in [4.78, 5) is 13.7. The summed E-state index contributed by atoms with van der Waals surface area (Å²) >= 11 is 0. The average molecular weight is 237 g/mol. The first-order valence-corrected chi connectivity index (χ1v) is 5.87. The van der Waals surface area contributed by atoms with Crippen LogP contribution in [0.15, 0.2) is 24.3 Å². The molecular formula is C13H16FNO2. The summed E-state index contributed by atoms with van der Waals surface area (Å²) in [6, 6.07) is 6.05. The number of aliphatic hydroxyl groups excluding tert-OH is 1. The highest BCUT2D eigenvalue weighted by atomic mass is 19.1. The molecule has 0 radical (unpaired) electrons. The molecule has 92 valence electrons. The van der Waals surface area contributed by atoms with Crippen molar-refractivity contribution >= 4 is 5.91 Å². The molecule has 1 aliphatic rings. The molecule has 1 atom stereocenters. The molecule has 0 bridgehead atoms. The molecule has 1 N–H and O–H groups in total. The van der Waals surface area contributed by atoms with Crippen LogP contribution in [-0.4, -0.2) is 35.6 Å². The summed E-state index contributed by atoms with van der Waals surface area (Å²) in [5, 5.41) is 8.85. The van der Waals surface area contributed by atoms with Crippen molar-refractivity contribution in [2.45, 2.75) is 12.8 Å². The van der Waals surface area contributed by atoms with Crippen LogP contribution >= 0.6 is 0 Å². The Labute approximate surface area is 99.9 Å². The number of nitrogens with zero attached hydrogens (tertiary/aromatic N) is 1. The van der Waals surface area contributed by atoms with Gasteiger partial charge in [0, 0.05) is 19.7 Å². The molecule has 2 rings (SSSR count). The maximum Gasteiger partial charge on any atom is 0.256 e. The van der Waals surface area contributed by atoms with E-state index in [1.54, 1.807) is 17.0 Å². The Morgan fingerprint density at radius 1 is 1.47 bits per heavy atom. The zero-order chi connectivity index (χ0) is 12.3. The van der Waals surface area contributed by atoms with Gasteiger partial charge in [-0.2, -0.15) is 0 Å². The Morgan fingerprint density at radius 3 is 2.94 bits per heavy atom. The van der Waals surface area contributed by atoms with E-state index in [1.165, 1.54) is 12.1 Å². The number of aliphatic hydroxyl groups is 1. The molecule has 0 aromatic heterocycles. The van der Waals surface area contributed by atoms with Gasteiger partial charge in [-0.1, -0.05) is 12.1 Å². The molecule has 1 amide bonds. The molecule has 1 fully saturated rings. The van der Waals surface area contributed by atoms with Crippen LogP contribution in [0.5, 0.6) is 0 Å². The van der Waals surface area contributed by atoms with Gasteiger partial charge < -0.3 is 10.0 Å². The number of hydrogen-bond acceptors (Lipinski definition) is 2. The van der Waals surface area contributed by atoms with Gasteiger partial charge in [-0.05, 0) is 30.9 Å². The predicted octanol–water partition coefficient (Wildman–Crippen LogP) is 1.67. The van der Waals surface area contributed by atoms with Crippen molar-refractivity contribution in [1.82, 2.24) is 4.90 Å². The van der Waals surface area contributed by atoms with Crippen LogP contribution < -0.4 is 0 Å². The van der Waals surface area contributed by atoms with E-state index in [2.05, 4.69) is 0 Å². The number of benzene rings is 1. The second-order valence-corrected chi connectivity index (χ2v) is 4.40. The lowest BCUT2D eigenvalue weighted by Crippen LogP contribution is -2.29. The highest BCUT2D eigenvalue weighted by Crippen LogP contribution is 2.21. The normalized spacial score (nSPS) is 19.6. The van der Waals surface area contributed by atoms with Crippen LogP contribution in [0.4, 0.5) is 4.39 Å². The number of amides is 1. The van der Waals surface area contributed by atoms with Crippen molar-refractivity contribution < 1.29 is 14.3 Å². The van der Waals surface area contributed by atoms with Crippen LogP contribution in [0.3, 0.4) is 0 Å². The maximum absolute atomic E-state index is 13.5. The van der Waals surface area contributed by atoms with Gasteiger partial charge in [0.15, 0.2) is 0 Å². The minimum atomic E-state index is -0.469. The van der Waals surface area contributed by atoms with Crippen molar-refractivity contribution in [3.8, 4) is 0 Å². The number of hydrogen-bond donors (Lipinski definition) is 1. The van der Waals surface area contributed by atoms with E-state index in [0.717, 1.165) is 6.42 Å². The average Bonchev–Trinajstić information content (AvgIpc) is 2.78. The zero-order valence-electron chi connectivity index (χ0n) is 9.60. The molecule has 0 saturated carbocycles. The van der Waals surface area contributed by atoms with E-state index in [1.807, 2.05) is 0 Å². The van der Waals surface area contributed by atoms with E-state index in [0.29, 0.717) is 25.4 Å². The van der Waals surface area contributed by atoms with Gasteiger partial charge in [0.05, 0.1) is 5.56 Å². The molecule has 17 heavy (non-hydrogen) atoms. The van der Waals surface area contributed by atoms with Crippen molar-refractivity contribution in [2.24, 2.45) is 5.92 Å². The molecule has 1 saturated heterocycles. The number of halogens is 1. The molecule has 1 aromatic rings. The first kappa shape index (κ1) is 12.0. The minimum absolute atomic E-state index is 0.136. The third kappa shape index (κ3) is 2.64. The Morgan fingerprint density at radius 2 is 2.24 bits per heavy atom. The number of carbonyl (C=O) groups excluding carboxylic acids is 1. The topological polar surface area (TPSA) is 40.5 Å². The van der Waals surface area contributed by atoms with Crippen molar-refractivity contribution in [2.75, 3.05) is 19.7 Å². The van der Waals surface area contributed by atoms with Gasteiger partial charge in [-0.3, -0.25) is 4.79 Å². The second-order valence-electron chi connectivity index (χ2n) is 4.40. The molecule has 1 heterocycles. The number of rotatable bonds is 3. The molecule has 1 aliphatic heterocycles. The van der Waals surface area contributed by atoms with E-state index < -0.39 is 5.82 Å². The Bertz CT molecular complexity index is 408. The summed E-state index contributed by atoms with van der Waals surface area (Å²) in [6.07, 6.45) is 1.60. The van der Waals surface area contributed by atoms with Crippen molar-refractivity contribution in [3.05, 3.63) is 35.6 Å². The molecule has 3 nitrogen and oxygen atoms in total. The van der Waals surface area contributed by atoms with Crippen LogP contribution in [0, 0.1) is 11.7 Å². The summed E-state index contributed by atoms with van der Waals surface area (Å²) in [5.74, 6) is -0.373. The van der Waals surface area contributed by atoms with E-state index in [9.17, 15) is 9.18 Å². The smallest absolute Gasteiger partial charge is 0.256 e. The minimum Gasteiger partial charge on any atom is -0.396 e. The van der Waals surface area contributed by atoms with Gasteiger partial charge in [0.2, 0.25) is 0 Å². The fraction of sp³-hybridized carbons (Fsp3) is 0.462. The van der Waals surface area contributed by atoms with Gasteiger partial charge in [0.25, 0.3) is 5.91 Å². The highest BCUT2D eigenvalue weighted by Gasteiger charge is 2.27. The molecular weight excluding hydrogens is 221 g/mol. The molecule has 0 spiro atoms. The van der Waals surface area contributed by atoms with Crippen LogP contribution in [0.2, 0.25) is 0 Å². The monoisotopic (exact) mass is 237 g/mol. The third-order valence-electron chi connectivity index (χ3n) is 3.21. The van der Waals surface area contributed by atoms with Crippen molar-refractivity contribution in [3.63, 3.8) is 0 Å². The van der Waals surface area contributed by atoms with Gasteiger partial charge in [0.1, 0.15) is 5.82 Å².